The van der Waals surface area contributed by atoms with E-state index in [1.54, 1.807) is 0 Å². The van der Waals surface area contributed by atoms with Crippen LogP contribution in [0.15, 0.2) is 18.2 Å². The highest BCUT2D eigenvalue weighted by Gasteiger charge is 2.53. The molecule has 0 aliphatic carbocycles. The number of rotatable bonds is 3. The molecule has 0 aromatic heterocycles. The van der Waals surface area contributed by atoms with Gasteiger partial charge in [0, 0.05) is 6.07 Å². The minimum Gasteiger partial charge on any atom is -0.490 e. The summed E-state index contributed by atoms with van der Waals surface area (Å²) in [4.78, 5) is 11.9. The van der Waals surface area contributed by atoms with Crippen molar-refractivity contribution in [1.29, 1.82) is 0 Å². The van der Waals surface area contributed by atoms with Gasteiger partial charge in [-0.2, -0.15) is 0 Å². The molecule has 1 saturated heterocycles. The van der Waals surface area contributed by atoms with E-state index in [9.17, 15) is 9.18 Å². The second kappa shape index (κ2) is 6.31. The van der Waals surface area contributed by atoms with Crippen LogP contribution in [0.25, 0.3) is 0 Å². The quantitative estimate of drug-likeness (QED) is 0.447. The summed E-state index contributed by atoms with van der Waals surface area (Å²) < 4.78 is 28.5. The fraction of sp³-hybridized carbons (Fsp3) is 0.417. The molecule has 0 N–H and O–H groups in total. The van der Waals surface area contributed by atoms with Gasteiger partial charge in [-0.25, -0.2) is 9.18 Å². The van der Waals surface area contributed by atoms with E-state index in [-0.39, 0.29) is 17.4 Å². The second-order valence-electron chi connectivity index (χ2n) is 4.49. The lowest BCUT2D eigenvalue weighted by Crippen LogP contribution is -2.40. The molecule has 9 heteroatoms. The summed E-state index contributed by atoms with van der Waals surface area (Å²) in [7, 11) is 0. The Kier molecular flexibility index (Phi) is 5.25. The molecule has 0 amide bonds. The molecule has 1 unspecified atom stereocenters. The molecular weight excluding hydrogens is 502 g/mol. The Morgan fingerprint density at radius 1 is 1.48 bits per heavy atom. The first-order chi connectivity index (χ1) is 9.62. The van der Waals surface area contributed by atoms with E-state index in [0.717, 1.165) is 6.07 Å². The molecule has 4 nitrogen and oxygen atoms in total. The van der Waals surface area contributed by atoms with Crippen LogP contribution in [0.2, 0.25) is 5.02 Å². The number of carbonyl (C=O) groups excluding carboxylic acids is 1. The maximum Gasteiger partial charge on any atom is 0.344 e. The lowest BCUT2D eigenvalue weighted by molar-refractivity contribution is -0.145. The summed E-state index contributed by atoms with van der Waals surface area (Å²) in [6.07, 6.45) is -0.888. The third kappa shape index (κ3) is 4.10. The molecule has 1 heterocycles. The summed E-state index contributed by atoms with van der Waals surface area (Å²) >= 11 is 15.3. The first-order valence-corrected chi connectivity index (χ1v) is 8.41. The van der Waals surface area contributed by atoms with Crippen LogP contribution < -0.4 is 4.74 Å². The van der Waals surface area contributed by atoms with Crippen molar-refractivity contribution in [2.24, 2.45) is 0 Å². The van der Waals surface area contributed by atoms with Crippen LogP contribution >= 0.6 is 59.4 Å². The average Bonchev–Trinajstić information content (AvgIpc) is 2.68. The highest BCUT2D eigenvalue weighted by atomic mass is 80.0. The summed E-state index contributed by atoms with van der Waals surface area (Å²) in [5.41, 5.74) is -1.30. The van der Waals surface area contributed by atoms with E-state index in [1.165, 1.54) is 19.1 Å². The van der Waals surface area contributed by atoms with Crippen molar-refractivity contribution in [2.75, 3.05) is 6.61 Å². The molecule has 1 aromatic carbocycles. The maximum absolute atomic E-state index is 13.3. The van der Waals surface area contributed by atoms with Gasteiger partial charge >= 0.3 is 5.97 Å². The van der Waals surface area contributed by atoms with Gasteiger partial charge in [-0.3, -0.25) is 0 Å². The van der Waals surface area contributed by atoms with Gasteiger partial charge in [0.05, 0.1) is 5.02 Å². The van der Waals surface area contributed by atoms with Crippen LogP contribution in [0.5, 0.6) is 5.75 Å². The Balaban J connectivity index is 2.05. The van der Waals surface area contributed by atoms with Crippen molar-refractivity contribution >= 4 is 65.4 Å². The summed E-state index contributed by atoms with van der Waals surface area (Å²) in [6, 6.07) is 4.00. The van der Waals surface area contributed by atoms with Crippen LogP contribution in [0.3, 0.4) is 0 Å². The zero-order valence-electron chi connectivity index (χ0n) is 10.5. The number of benzene rings is 1. The number of alkyl halides is 3. The minimum absolute atomic E-state index is 0.00667. The van der Waals surface area contributed by atoms with E-state index in [1.807, 2.05) is 0 Å². The first kappa shape index (κ1) is 17.5. The Labute approximate surface area is 150 Å². The van der Waals surface area contributed by atoms with E-state index < -0.39 is 25.8 Å². The Bertz CT molecular complexity index is 566. The molecule has 0 bridgehead atoms. The van der Waals surface area contributed by atoms with Crippen LogP contribution in [0, 0.1) is 5.82 Å². The predicted molar refractivity (Wildman–Crippen MR) is 85.8 cm³/mol. The molecule has 0 radical (unpaired) electrons. The van der Waals surface area contributed by atoms with Gasteiger partial charge in [0.25, 0.3) is 0 Å². The number of carbonyl (C=O) groups is 1. The molecule has 2 rings (SSSR count). The van der Waals surface area contributed by atoms with Gasteiger partial charge in [0.2, 0.25) is 6.29 Å². The highest BCUT2D eigenvalue weighted by molar-refractivity contribution is 9.39. The fourth-order valence-corrected chi connectivity index (χ4v) is 2.22. The summed E-state index contributed by atoms with van der Waals surface area (Å²) in [5, 5.41) is -0.00667. The summed E-state index contributed by atoms with van der Waals surface area (Å²) in [6.45, 7) is 1.40. The van der Waals surface area contributed by atoms with E-state index in [4.69, 9.17) is 25.8 Å². The number of halogens is 5. The maximum atomic E-state index is 13.3. The molecule has 1 aliphatic rings. The van der Waals surface area contributed by atoms with Gasteiger partial charge < -0.3 is 14.2 Å². The molecule has 0 spiro atoms. The van der Waals surface area contributed by atoms with E-state index in [2.05, 4.69) is 47.8 Å². The first-order valence-electron chi connectivity index (χ1n) is 5.65. The number of hydrogen-bond donors (Lipinski definition) is 0. The van der Waals surface area contributed by atoms with Crippen LogP contribution in [-0.2, 0) is 14.3 Å². The normalized spacial score (nSPS) is 25.8. The fourth-order valence-electron chi connectivity index (χ4n) is 1.54. The molecule has 21 heavy (non-hydrogen) atoms. The van der Waals surface area contributed by atoms with Crippen LogP contribution in [0.4, 0.5) is 4.39 Å². The van der Waals surface area contributed by atoms with E-state index in [0.29, 0.717) is 0 Å². The number of hydrogen-bond acceptors (Lipinski definition) is 4. The van der Waals surface area contributed by atoms with Crippen LogP contribution in [0.1, 0.15) is 6.92 Å². The lowest BCUT2D eigenvalue weighted by Gasteiger charge is -2.22. The molecule has 0 saturated carbocycles. The van der Waals surface area contributed by atoms with Gasteiger partial charge in [-0.1, -0.05) is 59.4 Å². The van der Waals surface area contributed by atoms with Crippen molar-refractivity contribution in [3.05, 3.63) is 29.0 Å². The molecule has 2 atom stereocenters. The second-order valence-corrected chi connectivity index (χ2v) is 11.8. The lowest BCUT2D eigenvalue weighted by atomic mass is 10.1. The van der Waals surface area contributed by atoms with E-state index >= 15 is 0 Å². The standard InChI is InChI=1S/C12H9Br3ClFO4/c1-11(9(18)20-10(21-11)12(13,14)15)5-19-6-2-3-7(16)8(17)4-6/h2-4,10H,5H2,1H3/t10?,11-/m1/s1. The SMILES string of the molecule is C[C@]1(COc2ccc(Cl)c(F)c2)OC(C(Br)(Br)Br)OC1=O. The molecular formula is C12H9Br3ClFO4. The third-order valence-electron chi connectivity index (χ3n) is 2.69. The number of ether oxygens (including phenoxy) is 3. The molecule has 1 aromatic rings. The topological polar surface area (TPSA) is 44.8 Å². The van der Waals surface area contributed by atoms with Crippen molar-refractivity contribution in [3.63, 3.8) is 0 Å². The molecule has 1 fully saturated rings. The zero-order chi connectivity index (χ0) is 15.8. The van der Waals surface area contributed by atoms with Gasteiger partial charge in [0.15, 0.2) is 7.74 Å². The smallest absolute Gasteiger partial charge is 0.344 e. The Morgan fingerprint density at radius 3 is 2.67 bits per heavy atom. The largest absolute Gasteiger partial charge is 0.490 e. The minimum atomic E-state index is -1.30. The van der Waals surface area contributed by atoms with Crippen molar-refractivity contribution in [2.45, 2.75) is 21.0 Å². The van der Waals surface area contributed by atoms with Gasteiger partial charge in [0.1, 0.15) is 18.2 Å². The number of cyclic esters (lactones) is 1. The van der Waals surface area contributed by atoms with Gasteiger partial charge in [-0.05, 0) is 19.1 Å². The van der Waals surface area contributed by atoms with Crippen molar-refractivity contribution in [1.82, 2.24) is 0 Å². The number of esters is 1. The van der Waals surface area contributed by atoms with Crippen molar-refractivity contribution in [3.8, 4) is 5.75 Å². The monoisotopic (exact) mass is 508 g/mol. The highest BCUT2D eigenvalue weighted by Crippen LogP contribution is 2.44. The average molecular weight is 511 g/mol. The molecule has 1 aliphatic heterocycles. The van der Waals surface area contributed by atoms with Gasteiger partial charge in [-0.15, -0.1) is 0 Å². The Morgan fingerprint density at radius 2 is 2.14 bits per heavy atom. The summed E-state index contributed by atoms with van der Waals surface area (Å²) in [5.74, 6) is -0.946. The van der Waals surface area contributed by atoms with Crippen molar-refractivity contribution < 1.29 is 23.4 Å². The Hall–Kier alpha value is 0.110. The predicted octanol–water partition coefficient (Wildman–Crippen LogP) is 4.35. The molecule has 116 valence electrons. The third-order valence-corrected chi connectivity index (χ3v) is 4.11. The van der Waals surface area contributed by atoms with Crippen LogP contribution in [-0.4, -0.2) is 26.6 Å². The zero-order valence-corrected chi connectivity index (χ0v) is 16.1.